The summed E-state index contributed by atoms with van der Waals surface area (Å²) in [5, 5.41) is 20.0. The largest absolute Gasteiger partial charge is 0.449 e. The zero-order chi connectivity index (χ0) is 21.2. The van der Waals surface area contributed by atoms with E-state index in [1.807, 2.05) is 24.3 Å². The normalized spacial score (nSPS) is 19.8. The van der Waals surface area contributed by atoms with Gasteiger partial charge in [0.05, 0.1) is 32.1 Å². The third-order valence-corrected chi connectivity index (χ3v) is 6.08. The lowest BCUT2D eigenvalue weighted by Crippen LogP contribution is -2.34. The molecule has 2 aliphatic rings. The van der Waals surface area contributed by atoms with Gasteiger partial charge in [-0.1, -0.05) is 53.7 Å². The number of aliphatic hydroxyl groups is 1. The Morgan fingerprint density at radius 1 is 1.13 bits per heavy atom. The Kier molecular flexibility index (Phi) is 5.40. The second-order valence-corrected chi connectivity index (χ2v) is 7.92. The molecule has 0 unspecified atom stereocenters. The Bertz CT molecular complexity index is 1040. The molecular formula is C23H24N4O4. The van der Waals surface area contributed by atoms with E-state index in [0.29, 0.717) is 25.5 Å². The van der Waals surface area contributed by atoms with Gasteiger partial charge in [0.2, 0.25) is 0 Å². The van der Waals surface area contributed by atoms with Gasteiger partial charge < -0.3 is 19.9 Å². The summed E-state index contributed by atoms with van der Waals surface area (Å²) in [5.74, 6) is 0.0847. The van der Waals surface area contributed by atoms with E-state index < -0.39 is 6.09 Å². The lowest BCUT2D eigenvalue weighted by molar-refractivity contribution is 0.139. The van der Waals surface area contributed by atoms with Crippen molar-refractivity contribution in [1.82, 2.24) is 20.3 Å². The molecule has 2 N–H and O–H groups in total. The quantitative estimate of drug-likeness (QED) is 0.636. The first-order valence-corrected chi connectivity index (χ1v) is 10.4. The second-order valence-electron chi connectivity index (χ2n) is 7.92. The van der Waals surface area contributed by atoms with Crippen LogP contribution in [0.1, 0.15) is 28.8 Å². The van der Waals surface area contributed by atoms with E-state index in [2.05, 4.69) is 39.9 Å². The monoisotopic (exact) mass is 420 g/mol. The maximum atomic E-state index is 12.4. The fraction of sp³-hybridized carbons (Fsp3) is 0.348. The Morgan fingerprint density at radius 3 is 2.52 bits per heavy atom. The molecular weight excluding hydrogens is 396 g/mol. The molecule has 1 fully saturated rings. The molecule has 0 spiro atoms. The number of fused-ring (bicyclic) bond motifs is 3. The van der Waals surface area contributed by atoms with Crippen LogP contribution in [0.25, 0.3) is 11.1 Å². The highest BCUT2D eigenvalue weighted by atomic mass is 16.5. The number of amides is 1. The Balaban J connectivity index is 1.19. The molecule has 1 aliphatic heterocycles. The zero-order valence-electron chi connectivity index (χ0n) is 17.0. The van der Waals surface area contributed by atoms with Gasteiger partial charge >= 0.3 is 6.09 Å². The SMILES string of the molecule is O=C(NC[C@@H]1COC[C@H]1n1cc(CO)nn1)OCC1c2ccccc2-c2ccccc21. The summed E-state index contributed by atoms with van der Waals surface area (Å²) >= 11 is 0. The van der Waals surface area contributed by atoms with Crippen LogP contribution >= 0.6 is 0 Å². The molecule has 0 saturated carbocycles. The smallest absolute Gasteiger partial charge is 0.407 e. The molecule has 0 radical (unpaired) electrons. The van der Waals surface area contributed by atoms with Crippen molar-refractivity contribution in [3.8, 4) is 11.1 Å². The number of benzene rings is 2. The summed E-state index contributed by atoms with van der Waals surface area (Å²) in [5.41, 5.74) is 5.29. The van der Waals surface area contributed by atoms with Gasteiger partial charge in [0, 0.05) is 18.4 Å². The third kappa shape index (κ3) is 3.80. The molecule has 2 aromatic carbocycles. The molecule has 1 saturated heterocycles. The van der Waals surface area contributed by atoms with Gasteiger partial charge in [-0.15, -0.1) is 5.10 Å². The summed E-state index contributed by atoms with van der Waals surface area (Å²) in [7, 11) is 0. The van der Waals surface area contributed by atoms with Gasteiger partial charge in [0.25, 0.3) is 0 Å². The first-order chi connectivity index (χ1) is 15.2. The maximum absolute atomic E-state index is 12.4. The van der Waals surface area contributed by atoms with Gasteiger partial charge in [0.15, 0.2) is 0 Å². The van der Waals surface area contributed by atoms with Crippen LogP contribution in [0.15, 0.2) is 54.7 Å². The first kappa shape index (κ1) is 19.7. The lowest BCUT2D eigenvalue weighted by atomic mass is 9.98. The van der Waals surface area contributed by atoms with Crippen molar-refractivity contribution in [3.63, 3.8) is 0 Å². The molecule has 31 heavy (non-hydrogen) atoms. The van der Waals surface area contributed by atoms with E-state index in [1.54, 1.807) is 10.9 Å². The van der Waals surface area contributed by atoms with Crippen LogP contribution in [0.2, 0.25) is 0 Å². The maximum Gasteiger partial charge on any atom is 0.407 e. The Morgan fingerprint density at radius 2 is 1.84 bits per heavy atom. The van der Waals surface area contributed by atoms with Crippen LogP contribution in [-0.2, 0) is 16.1 Å². The minimum absolute atomic E-state index is 0.0350. The van der Waals surface area contributed by atoms with Crippen molar-refractivity contribution in [3.05, 3.63) is 71.5 Å². The molecule has 1 aliphatic carbocycles. The van der Waals surface area contributed by atoms with E-state index in [4.69, 9.17) is 9.47 Å². The van der Waals surface area contributed by atoms with Crippen molar-refractivity contribution in [2.45, 2.75) is 18.6 Å². The predicted molar refractivity (Wildman–Crippen MR) is 112 cm³/mol. The number of hydrogen-bond donors (Lipinski definition) is 2. The molecule has 0 bridgehead atoms. The van der Waals surface area contributed by atoms with Crippen LogP contribution in [0.5, 0.6) is 0 Å². The van der Waals surface area contributed by atoms with Crippen LogP contribution in [0.3, 0.4) is 0 Å². The average Bonchev–Trinajstić information content (AvgIpc) is 3.53. The number of aromatic nitrogens is 3. The molecule has 8 heteroatoms. The van der Waals surface area contributed by atoms with Gasteiger partial charge in [-0.05, 0) is 22.3 Å². The minimum atomic E-state index is -0.442. The number of hydrogen-bond acceptors (Lipinski definition) is 6. The average molecular weight is 420 g/mol. The van der Waals surface area contributed by atoms with Gasteiger partial charge in [-0.25, -0.2) is 9.48 Å². The first-order valence-electron chi connectivity index (χ1n) is 10.4. The van der Waals surface area contributed by atoms with E-state index in [9.17, 15) is 9.90 Å². The molecule has 2 heterocycles. The minimum Gasteiger partial charge on any atom is -0.449 e. The number of alkyl carbamates (subject to hydrolysis) is 1. The van der Waals surface area contributed by atoms with Gasteiger partial charge in [0.1, 0.15) is 12.3 Å². The van der Waals surface area contributed by atoms with Crippen molar-refractivity contribution >= 4 is 6.09 Å². The summed E-state index contributed by atoms with van der Waals surface area (Å²) < 4.78 is 12.9. The third-order valence-electron chi connectivity index (χ3n) is 6.08. The van der Waals surface area contributed by atoms with Crippen LogP contribution < -0.4 is 5.32 Å². The summed E-state index contributed by atoms with van der Waals surface area (Å²) in [6, 6.07) is 16.5. The topological polar surface area (TPSA) is 98.5 Å². The fourth-order valence-corrected chi connectivity index (χ4v) is 4.49. The lowest BCUT2D eigenvalue weighted by Gasteiger charge is -2.19. The van der Waals surface area contributed by atoms with Gasteiger partial charge in [-0.2, -0.15) is 0 Å². The molecule has 8 nitrogen and oxygen atoms in total. The molecule has 3 aromatic rings. The molecule has 160 valence electrons. The Labute approximate surface area is 179 Å². The highest BCUT2D eigenvalue weighted by molar-refractivity contribution is 5.79. The molecule has 1 aromatic heterocycles. The highest BCUT2D eigenvalue weighted by Crippen LogP contribution is 2.44. The van der Waals surface area contributed by atoms with Crippen molar-refractivity contribution in [2.24, 2.45) is 5.92 Å². The summed E-state index contributed by atoms with van der Waals surface area (Å²) in [4.78, 5) is 12.4. The number of carbonyl (C=O) groups excluding carboxylic acids is 1. The van der Waals surface area contributed by atoms with Crippen LogP contribution in [-0.4, -0.2) is 52.6 Å². The van der Waals surface area contributed by atoms with E-state index in [-0.39, 0.29) is 31.1 Å². The molecule has 5 rings (SSSR count). The van der Waals surface area contributed by atoms with E-state index in [1.165, 1.54) is 22.3 Å². The second kappa shape index (κ2) is 8.49. The number of ether oxygens (including phenoxy) is 2. The van der Waals surface area contributed by atoms with Crippen molar-refractivity contribution < 1.29 is 19.4 Å². The van der Waals surface area contributed by atoms with E-state index >= 15 is 0 Å². The molecule has 1 amide bonds. The standard InChI is InChI=1S/C23H24N4O4/c28-11-16-10-27(26-25-16)22-14-30-12-15(22)9-24-23(29)31-13-21-19-7-3-1-5-17(19)18-6-2-4-8-20(18)21/h1-8,10,15,21-22,28H,9,11-14H2,(H,24,29)/t15-,22-/m1/s1. The van der Waals surface area contributed by atoms with E-state index in [0.717, 1.165) is 0 Å². The number of nitrogens with zero attached hydrogens (tertiary/aromatic N) is 3. The predicted octanol–water partition coefficient (Wildman–Crippen LogP) is 2.50. The number of aliphatic hydroxyl groups excluding tert-OH is 1. The molecule has 2 atom stereocenters. The number of carbonyl (C=O) groups is 1. The summed E-state index contributed by atoms with van der Waals surface area (Å²) in [6.07, 6.45) is 1.27. The van der Waals surface area contributed by atoms with Crippen molar-refractivity contribution in [1.29, 1.82) is 0 Å². The Hall–Kier alpha value is -3.23. The fourth-order valence-electron chi connectivity index (χ4n) is 4.49. The van der Waals surface area contributed by atoms with Gasteiger partial charge in [-0.3, -0.25) is 0 Å². The zero-order valence-corrected chi connectivity index (χ0v) is 17.0. The van der Waals surface area contributed by atoms with Crippen LogP contribution in [0.4, 0.5) is 4.79 Å². The number of rotatable bonds is 6. The van der Waals surface area contributed by atoms with Crippen molar-refractivity contribution in [2.75, 3.05) is 26.4 Å². The number of nitrogens with one attached hydrogen (secondary N) is 1. The van der Waals surface area contributed by atoms with Crippen LogP contribution in [0, 0.1) is 5.92 Å². The highest BCUT2D eigenvalue weighted by Gasteiger charge is 2.32. The summed E-state index contributed by atoms with van der Waals surface area (Å²) in [6.45, 7) is 1.55.